The Kier molecular flexibility index (Phi) is 3.31. The number of aliphatic hydroxyl groups excluding tert-OH is 1. The molecular formula is C9H10O2S. The van der Waals surface area contributed by atoms with Gasteiger partial charge in [-0.1, -0.05) is 30.3 Å². The van der Waals surface area contributed by atoms with Gasteiger partial charge in [0, 0.05) is 6.42 Å². The highest BCUT2D eigenvalue weighted by Crippen LogP contribution is 2.16. The van der Waals surface area contributed by atoms with Crippen molar-refractivity contribution < 1.29 is 9.90 Å². The molecule has 1 atom stereocenters. The quantitative estimate of drug-likeness (QED) is 0.696. The number of hydrogen-bond donors (Lipinski definition) is 2. The molecule has 0 aliphatic carbocycles. The standard InChI is InChI=1S/C9H10O2S/c10-8(6-9(11)12)7-4-2-1-3-5-7/h1-5,8,10H,6H2,(H,11,12). The molecule has 0 aromatic heterocycles. The second kappa shape index (κ2) is 4.28. The molecule has 1 unspecified atom stereocenters. The number of carbonyl (C=O) groups is 1. The van der Waals surface area contributed by atoms with Gasteiger partial charge in [0.05, 0.1) is 6.10 Å². The van der Waals surface area contributed by atoms with E-state index in [1.807, 2.05) is 18.2 Å². The second-order valence-corrected chi connectivity index (χ2v) is 3.02. The molecule has 1 aromatic carbocycles. The lowest BCUT2D eigenvalue weighted by atomic mass is 10.1. The molecule has 0 saturated heterocycles. The van der Waals surface area contributed by atoms with E-state index in [4.69, 9.17) is 0 Å². The van der Waals surface area contributed by atoms with Crippen LogP contribution in [0.5, 0.6) is 0 Å². The smallest absolute Gasteiger partial charge is 0.188 e. The van der Waals surface area contributed by atoms with Crippen LogP contribution in [0.2, 0.25) is 0 Å². The third-order valence-corrected chi connectivity index (χ3v) is 1.73. The van der Waals surface area contributed by atoms with Crippen LogP contribution in [0, 0.1) is 0 Å². The van der Waals surface area contributed by atoms with Gasteiger partial charge in [0.1, 0.15) is 0 Å². The first-order chi connectivity index (χ1) is 5.70. The summed E-state index contributed by atoms with van der Waals surface area (Å²) in [7, 11) is 0. The Hall–Kier alpha value is -0.800. The molecule has 0 saturated carbocycles. The van der Waals surface area contributed by atoms with E-state index < -0.39 is 6.10 Å². The highest BCUT2D eigenvalue weighted by atomic mass is 32.1. The van der Waals surface area contributed by atoms with Gasteiger partial charge in [0.25, 0.3) is 0 Å². The summed E-state index contributed by atoms with van der Waals surface area (Å²) in [6.07, 6.45) is -0.663. The molecule has 0 radical (unpaired) electrons. The van der Waals surface area contributed by atoms with E-state index in [0.29, 0.717) is 0 Å². The SMILES string of the molecule is O=C(S)CC(O)c1ccccc1. The van der Waals surface area contributed by atoms with Crippen LogP contribution < -0.4 is 0 Å². The third-order valence-electron chi connectivity index (χ3n) is 1.55. The van der Waals surface area contributed by atoms with Crippen molar-refractivity contribution in [2.75, 3.05) is 0 Å². The summed E-state index contributed by atoms with van der Waals surface area (Å²) in [5.74, 6) is 0. The van der Waals surface area contributed by atoms with Gasteiger partial charge in [-0.25, -0.2) is 0 Å². The van der Waals surface area contributed by atoms with Crippen LogP contribution in [-0.4, -0.2) is 10.2 Å². The van der Waals surface area contributed by atoms with Gasteiger partial charge in [0.2, 0.25) is 0 Å². The first-order valence-corrected chi connectivity index (χ1v) is 4.09. The molecule has 0 amide bonds. The molecule has 1 rings (SSSR count). The molecule has 0 heterocycles. The van der Waals surface area contributed by atoms with Crippen molar-refractivity contribution in [3.63, 3.8) is 0 Å². The van der Waals surface area contributed by atoms with Gasteiger partial charge in [0.15, 0.2) is 5.12 Å². The van der Waals surface area contributed by atoms with E-state index >= 15 is 0 Å². The molecule has 3 heteroatoms. The minimum Gasteiger partial charge on any atom is -0.388 e. The van der Waals surface area contributed by atoms with Crippen LogP contribution in [0.25, 0.3) is 0 Å². The molecule has 0 bridgehead atoms. The highest BCUT2D eigenvalue weighted by molar-refractivity contribution is 7.96. The van der Waals surface area contributed by atoms with Gasteiger partial charge >= 0.3 is 0 Å². The van der Waals surface area contributed by atoms with E-state index in [9.17, 15) is 9.90 Å². The zero-order valence-corrected chi connectivity index (χ0v) is 7.37. The molecule has 12 heavy (non-hydrogen) atoms. The summed E-state index contributed by atoms with van der Waals surface area (Å²) in [5.41, 5.74) is 0.750. The number of aliphatic hydroxyl groups is 1. The molecule has 2 nitrogen and oxygen atoms in total. The summed E-state index contributed by atoms with van der Waals surface area (Å²) in [6.45, 7) is 0. The fourth-order valence-corrected chi connectivity index (χ4v) is 1.13. The number of benzene rings is 1. The first kappa shape index (κ1) is 9.29. The monoisotopic (exact) mass is 182 g/mol. The van der Waals surface area contributed by atoms with Crippen molar-refractivity contribution in [1.29, 1.82) is 0 Å². The van der Waals surface area contributed by atoms with Crippen molar-refractivity contribution >= 4 is 17.7 Å². The number of hydrogen-bond acceptors (Lipinski definition) is 2. The lowest BCUT2D eigenvalue weighted by Gasteiger charge is -2.07. The Morgan fingerprint density at radius 1 is 1.42 bits per heavy atom. The summed E-state index contributed by atoms with van der Waals surface area (Å²) >= 11 is 3.59. The first-order valence-electron chi connectivity index (χ1n) is 3.65. The Balaban J connectivity index is 2.65. The lowest BCUT2D eigenvalue weighted by molar-refractivity contribution is -0.112. The normalized spacial score (nSPS) is 12.5. The summed E-state index contributed by atoms with van der Waals surface area (Å²) in [6, 6.07) is 9.06. The van der Waals surface area contributed by atoms with Gasteiger partial charge in [-0.15, -0.1) is 12.6 Å². The maximum atomic E-state index is 10.5. The van der Waals surface area contributed by atoms with Crippen molar-refractivity contribution in [3.05, 3.63) is 35.9 Å². The molecule has 0 fully saturated rings. The maximum Gasteiger partial charge on any atom is 0.188 e. The summed E-state index contributed by atoms with van der Waals surface area (Å²) in [5, 5.41) is 9.12. The van der Waals surface area contributed by atoms with Crippen molar-refractivity contribution in [3.8, 4) is 0 Å². The predicted molar refractivity (Wildman–Crippen MR) is 50.0 cm³/mol. The van der Waals surface area contributed by atoms with Gasteiger partial charge < -0.3 is 5.11 Å². The van der Waals surface area contributed by atoms with Crippen LogP contribution in [0.3, 0.4) is 0 Å². The minimum absolute atomic E-state index is 0.0626. The van der Waals surface area contributed by atoms with E-state index in [1.54, 1.807) is 12.1 Å². The zero-order valence-electron chi connectivity index (χ0n) is 6.47. The molecule has 0 spiro atoms. The molecule has 1 N–H and O–H groups in total. The average Bonchev–Trinajstić information content (AvgIpc) is 2.05. The third kappa shape index (κ3) is 2.68. The zero-order chi connectivity index (χ0) is 8.97. The Labute approximate surface area is 76.6 Å². The number of rotatable bonds is 3. The fraction of sp³-hybridized carbons (Fsp3) is 0.222. The van der Waals surface area contributed by atoms with E-state index in [2.05, 4.69) is 12.6 Å². The van der Waals surface area contributed by atoms with Crippen LogP contribution in [-0.2, 0) is 4.79 Å². The number of carbonyl (C=O) groups excluding carboxylic acids is 1. The van der Waals surface area contributed by atoms with Gasteiger partial charge in [-0.2, -0.15) is 0 Å². The summed E-state index contributed by atoms with van der Waals surface area (Å²) < 4.78 is 0. The van der Waals surface area contributed by atoms with E-state index in [0.717, 1.165) is 5.56 Å². The molecule has 1 aromatic rings. The lowest BCUT2D eigenvalue weighted by Crippen LogP contribution is -2.01. The number of thiol groups is 1. The Bertz CT molecular complexity index is 258. The fourth-order valence-electron chi connectivity index (χ4n) is 0.958. The molecule has 0 aliphatic rings. The van der Waals surface area contributed by atoms with Gasteiger partial charge in [-0.05, 0) is 5.56 Å². The van der Waals surface area contributed by atoms with Crippen molar-refractivity contribution in [2.24, 2.45) is 0 Å². The van der Waals surface area contributed by atoms with Gasteiger partial charge in [-0.3, -0.25) is 4.79 Å². The predicted octanol–water partition coefficient (Wildman–Crippen LogP) is 1.57. The van der Waals surface area contributed by atoms with E-state index in [-0.39, 0.29) is 11.5 Å². The second-order valence-electron chi connectivity index (χ2n) is 2.52. The molecule has 0 aliphatic heterocycles. The van der Waals surface area contributed by atoms with Crippen LogP contribution in [0.15, 0.2) is 30.3 Å². The molecule has 64 valence electrons. The Morgan fingerprint density at radius 3 is 2.50 bits per heavy atom. The minimum atomic E-state index is -0.726. The maximum absolute atomic E-state index is 10.5. The molecular weight excluding hydrogens is 172 g/mol. The van der Waals surface area contributed by atoms with Crippen LogP contribution in [0.1, 0.15) is 18.1 Å². The van der Waals surface area contributed by atoms with Crippen molar-refractivity contribution in [1.82, 2.24) is 0 Å². The summed E-state index contributed by atoms with van der Waals surface area (Å²) in [4.78, 5) is 10.5. The highest BCUT2D eigenvalue weighted by Gasteiger charge is 2.08. The van der Waals surface area contributed by atoms with Crippen LogP contribution >= 0.6 is 12.6 Å². The van der Waals surface area contributed by atoms with E-state index in [1.165, 1.54) is 0 Å². The Morgan fingerprint density at radius 2 is 2.00 bits per heavy atom. The topological polar surface area (TPSA) is 37.3 Å². The van der Waals surface area contributed by atoms with Crippen LogP contribution in [0.4, 0.5) is 0 Å². The largest absolute Gasteiger partial charge is 0.388 e. The average molecular weight is 182 g/mol. The van der Waals surface area contributed by atoms with Crippen molar-refractivity contribution in [2.45, 2.75) is 12.5 Å².